The fourth-order valence-corrected chi connectivity index (χ4v) is 3.73. The van der Waals surface area contributed by atoms with Crippen LogP contribution in [-0.2, 0) is 4.74 Å². The summed E-state index contributed by atoms with van der Waals surface area (Å²) in [4.78, 5) is 12.7. The number of rotatable bonds is 4. The number of hydrogen-bond acceptors (Lipinski definition) is 9. The lowest BCUT2D eigenvalue weighted by atomic mass is 9.95. The fourth-order valence-electron chi connectivity index (χ4n) is 3.73. The molecule has 1 saturated heterocycles. The molecule has 0 aromatic heterocycles. The van der Waals surface area contributed by atoms with Crippen LogP contribution in [0, 0.1) is 0 Å². The van der Waals surface area contributed by atoms with Crippen molar-refractivity contribution in [3.8, 4) is 23.0 Å². The summed E-state index contributed by atoms with van der Waals surface area (Å²) in [6, 6.07) is 9.74. The van der Waals surface area contributed by atoms with Gasteiger partial charge in [-0.2, -0.15) is 0 Å². The molecule has 0 spiro atoms. The smallest absolute Gasteiger partial charge is 0.229 e. The zero-order chi connectivity index (χ0) is 22.3. The highest BCUT2D eigenvalue weighted by atomic mass is 16.7. The highest BCUT2D eigenvalue weighted by molar-refractivity contribution is 6.02. The van der Waals surface area contributed by atoms with Crippen molar-refractivity contribution in [2.24, 2.45) is 0 Å². The van der Waals surface area contributed by atoms with Crippen molar-refractivity contribution in [1.82, 2.24) is 0 Å². The van der Waals surface area contributed by atoms with Crippen LogP contribution in [-0.4, -0.2) is 64.0 Å². The topological polar surface area (TPSA) is 135 Å². The first-order valence-electron chi connectivity index (χ1n) is 9.85. The zero-order valence-corrected chi connectivity index (χ0v) is 17.0. The maximum absolute atomic E-state index is 12.7. The van der Waals surface area contributed by atoms with Crippen LogP contribution in [0.25, 0.3) is 0 Å². The van der Waals surface area contributed by atoms with Gasteiger partial charge in [-0.05, 0) is 24.6 Å². The van der Waals surface area contributed by atoms with E-state index in [1.165, 1.54) is 19.1 Å². The van der Waals surface area contributed by atoms with Gasteiger partial charge < -0.3 is 39.4 Å². The number of ether oxygens (including phenoxy) is 4. The molecule has 6 atom stereocenters. The van der Waals surface area contributed by atoms with Crippen molar-refractivity contribution in [3.63, 3.8) is 0 Å². The molecule has 4 rings (SSSR count). The van der Waals surface area contributed by atoms with Gasteiger partial charge in [-0.15, -0.1) is 0 Å². The number of phenols is 1. The van der Waals surface area contributed by atoms with Crippen molar-refractivity contribution >= 4 is 5.78 Å². The molecule has 0 amide bonds. The summed E-state index contributed by atoms with van der Waals surface area (Å²) in [6.07, 6.45) is -6.82. The van der Waals surface area contributed by atoms with E-state index in [4.69, 9.17) is 18.9 Å². The summed E-state index contributed by atoms with van der Waals surface area (Å²) in [7, 11) is 1.56. The third kappa shape index (κ3) is 4.05. The van der Waals surface area contributed by atoms with Gasteiger partial charge >= 0.3 is 0 Å². The third-order valence-electron chi connectivity index (χ3n) is 5.52. The van der Waals surface area contributed by atoms with Crippen LogP contribution in [0.5, 0.6) is 23.0 Å². The first-order valence-corrected chi connectivity index (χ1v) is 9.85. The van der Waals surface area contributed by atoms with Crippen molar-refractivity contribution < 1.29 is 44.2 Å². The van der Waals surface area contributed by atoms with E-state index in [0.29, 0.717) is 5.75 Å². The SMILES string of the molecule is COc1ccc(C2CC(=O)c3c(O)cc(O[C@@H]4O[C@@H](C)[C@H](O)[C@@H](O)[C@H]4O)cc3O2)cc1. The number of carbonyl (C=O) groups excluding carboxylic acids is 1. The molecule has 9 heteroatoms. The second-order valence-corrected chi connectivity index (χ2v) is 7.62. The van der Waals surface area contributed by atoms with Crippen LogP contribution in [0.4, 0.5) is 0 Å². The minimum Gasteiger partial charge on any atom is -0.507 e. The Labute approximate surface area is 178 Å². The Morgan fingerprint density at radius 3 is 2.39 bits per heavy atom. The van der Waals surface area contributed by atoms with Crippen LogP contribution in [0.1, 0.15) is 35.4 Å². The molecule has 0 bridgehead atoms. The molecule has 9 nitrogen and oxygen atoms in total. The minimum absolute atomic E-state index is 0.0473. The second-order valence-electron chi connectivity index (χ2n) is 7.62. The fraction of sp³-hybridized carbons (Fsp3) is 0.409. The minimum atomic E-state index is -1.51. The Balaban J connectivity index is 1.58. The average molecular weight is 432 g/mol. The number of ketones is 1. The van der Waals surface area contributed by atoms with Gasteiger partial charge in [0.15, 0.2) is 5.78 Å². The summed E-state index contributed by atoms with van der Waals surface area (Å²) < 4.78 is 22.1. The number of carbonyl (C=O) groups is 1. The molecule has 2 aromatic rings. The summed E-state index contributed by atoms with van der Waals surface area (Å²) in [5.74, 6) is 0.259. The molecule has 2 aliphatic rings. The van der Waals surface area contributed by atoms with Gasteiger partial charge in [-0.1, -0.05) is 12.1 Å². The van der Waals surface area contributed by atoms with E-state index in [-0.39, 0.29) is 35.0 Å². The largest absolute Gasteiger partial charge is 0.507 e. The standard InChI is InChI=1S/C22H24O9/c1-10-19(25)20(26)21(27)22(29-10)30-13-7-14(23)18-15(24)9-16(31-17(18)8-13)11-3-5-12(28-2)6-4-11/h3-8,10,16,19-23,25-27H,9H2,1-2H3/t10-,16?,19-,20+,21+,22-/m0/s1. The van der Waals surface area contributed by atoms with Crippen molar-refractivity contribution in [2.75, 3.05) is 7.11 Å². The van der Waals surface area contributed by atoms with E-state index >= 15 is 0 Å². The van der Waals surface area contributed by atoms with Gasteiger partial charge in [-0.3, -0.25) is 4.79 Å². The number of aromatic hydroxyl groups is 1. The van der Waals surface area contributed by atoms with E-state index < -0.39 is 36.8 Å². The molecule has 0 radical (unpaired) electrons. The Morgan fingerprint density at radius 1 is 1.00 bits per heavy atom. The molecule has 1 unspecified atom stereocenters. The van der Waals surface area contributed by atoms with Crippen LogP contribution in [0.15, 0.2) is 36.4 Å². The molecule has 4 N–H and O–H groups in total. The molecular weight excluding hydrogens is 408 g/mol. The monoisotopic (exact) mass is 432 g/mol. The number of methoxy groups -OCH3 is 1. The number of aliphatic hydroxyl groups is 3. The summed E-state index contributed by atoms with van der Waals surface area (Å²) >= 11 is 0. The van der Waals surface area contributed by atoms with E-state index in [1.807, 2.05) is 0 Å². The van der Waals surface area contributed by atoms with Crippen molar-refractivity contribution in [2.45, 2.75) is 50.2 Å². The number of hydrogen-bond donors (Lipinski definition) is 4. The van der Waals surface area contributed by atoms with Crippen molar-refractivity contribution in [1.29, 1.82) is 0 Å². The molecule has 2 aromatic carbocycles. The van der Waals surface area contributed by atoms with Gasteiger partial charge in [0, 0.05) is 12.1 Å². The predicted molar refractivity (Wildman–Crippen MR) is 106 cm³/mol. The number of fused-ring (bicyclic) bond motifs is 1. The van der Waals surface area contributed by atoms with Crippen LogP contribution >= 0.6 is 0 Å². The van der Waals surface area contributed by atoms with Gasteiger partial charge in [0.1, 0.15) is 53.0 Å². The molecule has 0 aliphatic carbocycles. The molecule has 2 heterocycles. The lowest BCUT2D eigenvalue weighted by Crippen LogP contribution is -2.58. The maximum Gasteiger partial charge on any atom is 0.229 e. The Bertz CT molecular complexity index is 958. The number of benzene rings is 2. The second kappa shape index (κ2) is 8.35. The highest BCUT2D eigenvalue weighted by Gasteiger charge is 2.43. The molecule has 1 fully saturated rings. The number of phenolic OH excluding ortho intramolecular Hbond substituents is 1. The van der Waals surface area contributed by atoms with E-state index in [2.05, 4.69) is 0 Å². The Hall–Kier alpha value is -2.85. The predicted octanol–water partition coefficient (Wildman–Crippen LogP) is 1.31. The quantitative estimate of drug-likeness (QED) is 0.564. The van der Waals surface area contributed by atoms with Crippen molar-refractivity contribution in [3.05, 3.63) is 47.5 Å². The molecule has 31 heavy (non-hydrogen) atoms. The van der Waals surface area contributed by atoms with E-state index in [1.54, 1.807) is 31.4 Å². The number of Topliss-reactive ketones (excluding diaryl/α,β-unsaturated/α-hetero) is 1. The van der Waals surface area contributed by atoms with Gasteiger partial charge in [0.05, 0.1) is 19.6 Å². The highest BCUT2D eigenvalue weighted by Crippen LogP contribution is 2.42. The van der Waals surface area contributed by atoms with Crippen LogP contribution in [0.2, 0.25) is 0 Å². The van der Waals surface area contributed by atoms with E-state index in [9.17, 15) is 25.2 Å². The first kappa shape index (κ1) is 21.4. The maximum atomic E-state index is 12.7. The van der Waals surface area contributed by atoms with E-state index in [0.717, 1.165) is 5.56 Å². The van der Waals surface area contributed by atoms with Crippen LogP contribution in [0.3, 0.4) is 0 Å². The molecule has 2 aliphatic heterocycles. The Morgan fingerprint density at radius 2 is 1.71 bits per heavy atom. The molecule has 166 valence electrons. The lowest BCUT2D eigenvalue weighted by molar-refractivity contribution is -0.268. The molecule has 0 saturated carbocycles. The molecular formula is C22H24O9. The Kier molecular flexibility index (Phi) is 5.76. The normalized spacial score (nSPS) is 30.3. The summed E-state index contributed by atoms with van der Waals surface area (Å²) in [5, 5.41) is 40.3. The number of aliphatic hydroxyl groups excluding tert-OH is 3. The third-order valence-corrected chi connectivity index (χ3v) is 5.52. The van der Waals surface area contributed by atoms with Gasteiger partial charge in [0.2, 0.25) is 6.29 Å². The summed E-state index contributed by atoms with van der Waals surface area (Å²) in [5.41, 5.74) is 0.814. The van der Waals surface area contributed by atoms with Gasteiger partial charge in [0.25, 0.3) is 0 Å². The van der Waals surface area contributed by atoms with Crippen LogP contribution < -0.4 is 14.2 Å². The lowest BCUT2D eigenvalue weighted by Gasteiger charge is -2.39. The average Bonchev–Trinajstić information content (AvgIpc) is 2.75. The first-order chi connectivity index (χ1) is 14.8. The van der Waals surface area contributed by atoms with Gasteiger partial charge in [-0.25, -0.2) is 0 Å². The zero-order valence-electron chi connectivity index (χ0n) is 17.0. The summed E-state index contributed by atoms with van der Waals surface area (Å²) in [6.45, 7) is 1.53.